The Bertz CT molecular complexity index is 2780. The summed E-state index contributed by atoms with van der Waals surface area (Å²) in [4.78, 5) is 39.8. The molecule has 374 valence electrons. The van der Waals surface area contributed by atoms with Crippen molar-refractivity contribution < 1.29 is 52.3 Å². The number of aromatic nitrogens is 4. The van der Waals surface area contributed by atoms with Crippen LogP contribution in [0, 0.1) is 27.7 Å². The molecule has 7 aromatic rings. The van der Waals surface area contributed by atoms with Gasteiger partial charge in [-0.25, -0.2) is 37.9 Å². The molecule has 5 N–H and O–H groups in total. The number of nitrogens with zero attached hydrogens (tertiary/aromatic N) is 4. The van der Waals surface area contributed by atoms with Gasteiger partial charge in [0.15, 0.2) is 17.3 Å². The van der Waals surface area contributed by atoms with E-state index in [1.807, 2.05) is 104 Å². The lowest BCUT2D eigenvalue weighted by Crippen LogP contribution is -2.50. The maximum absolute atomic E-state index is 12.4. The van der Waals surface area contributed by atoms with E-state index >= 15 is 0 Å². The van der Waals surface area contributed by atoms with Crippen LogP contribution >= 0.6 is 0 Å². The van der Waals surface area contributed by atoms with Crippen molar-refractivity contribution in [2.75, 3.05) is 27.6 Å². The lowest BCUT2D eigenvalue weighted by atomic mass is 9.81. The molecule has 16 nitrogen and oxygen atoms in total. The van der Waals surface area contributed by atoms with Gasteiger partial charge in [0.05, 0.1) is 7.11 Å². The van der Waals surface area contributed by atoms with Crippen molar-refractivity contribution in [2.45, 2.75) is 69.2 Å². The number of hydrogen-bond acceptors (Lipinski definition) is 14. The van der Waals surface area contributed by atoms with Crippen LogP contribution in [0.15, 0.2) is 163 Å². The summed E-state index contributed by atoms with van der Waals surface area (Å²) in [6.07, 6.45) is -2.03. The number of aliphatic hydroxyl groups excluding tert-OH is 1. The number of carbonyl (C=O) groups is 2. The number of ether oxygens (including phenoxy) is 4. The normalized spacial score (nSPS) is 12.4. The number of benzene rings is 5. The third kappa shape index (κ3) is 14.8. The monoisotopic (exact) mass is 987 g/mol. The highest BCUT2D eigenvalue weighted by atomic mass is 32.2. The van der Waals surface area contributed by atoms with Gasteiger partial charge in [-0.2, -0.15) is 0 Å². The van der Waals surface area contributed by atoms with E-state index in [9.17, 15) is 33.3 Å². The number of nitrogens with two attached hydrogens (primary N) is 1. The fourth-order valence-electron chi connectivity index (χ4n) is 7.50. The predicted octanol–water partition coefficient (Wildman–Crippen LogP) is 7.75. The van der Waals surface area contributed by atoms with Crippen LogP contribution in [0.1, 0.15) is 63.6 Å². The fourth-order valence-corrected chi connectivity index (χ4v) is 8.12. The smallest absolute Gasteiger partial charge is 0.348 e. The number of sulfone groups is 1. The van der Waals surface area contributed by atoms with E-state index in [2.05, 4.69) is 19.9 Å². The molecule has 0 radical (unpaired) electrons. The molecule has 17 heteroatoms. The molecule has 3 atom stereocenters. The molecule has 0 unspecified atom stereocenters. The zero-order chi connectivity index (χ0) is 52.4. The van der Waals surface area contributed by atoms with Crippen LogP contribution in [-0.4, -0.2) is 95.4 Å². The molecule has 0 spiro atoms. The first kappa shape index (κ1) is 56.2. The van der Waals surface area contributed by atoms with Gasteiger partial charge in [0, 0.05) is 49.3 Å². The van der Waals surface area contributed by atoms with Gasteiger partial charge in [0.2, 0.25) is 21.1 Å². The molecule has 2 heterocycles. The Morgan fingerprint density at radius 2 is 0.944 bits per heavy atom. The molecule has 0 bridgehead atoms. The summed E-state index contributed by atoms with van der Waals surface area (Å²) in [6, 6.07) is 47.4. The third-order valence-electron chi connectivity index (χ3n) is 10.8. The van der Waals surface area contributed by atoms with Gasteiger partial charge in [0.25, 0.3) is 0 Å². The lowest BCUT2D eigenvalue weighted by Gasteiger charge is -2.37. The van der Waals surface area contributed by atoms with Gasteiger partial charge in [-0.05, 0) is 86.7 Å². The van der Waals surface area contributed by atoms with E-state index in [1.54, 1.807) is 95.5 Å². The summed E-state index contributed by atoms with van der Waals surface area (Å²) in [5, 5.41) is 29.5. The summed E-state index contributed by atoms with van der Waals surface area (Å²) in [5.74, 6) is -1.66. The van der Waals surface area contributed by atoms with Crippen LogP contribution in [0.5, 0.6) is 11.8 Å². The van der Waals surface area contributed by atoms with Gasteiger partial charge in [0.1, 0.15) is 5.75 Å². The molecule has 0 saturated heterocycles. The highest BCUT2D eigenvalue weighted by Crippen LogP contribution is 2.39. The van der Waals surface area contributed by atoms with Crippen molar-refractivity contribution in [3.8, 4) is 11.8 Å². The van der Waals surface area contributed by atoms with Crippen LogP contribution in [0.25, 0.3) is 0 Å². The number of carboxylic acid groups (broad SMARTS) is 2. The van der Waals surface area contributed by atoms with Crippen molar-refractivity contribution >= 4 is 21.8 Å². The first-order valence-corrected chi connectivity index (χ1v) is 24.0. The number of methoxy groups -OCH3 is 3. The Balaban J connectivity index is 0.000000221. The zero-order valence-electron chi connectivity index (χ0n) is 41.1. The molecule has 5 aromatic carbocycles. The molecule has 0 aliphatic rings. The Kier molecular flexibility index (Phi) is 20.6. The molecule has 0 fully saturated rings. The minimum atomic E-state index is -3.27. The molecule has 0 amide bonds. The highest BCUT2D eigenvalue weighted by Gasteiger charge is 2.50. The molecule has 0 aliphatic heterocycles. The third-order valence-corrected chi connectivity index (χ3v) is 11.6. The lowest BCUT2D eigenvalue weighted by molar-refractivity contribution is -0.163. The number of aliphatic hydroxyl groups is 1. The van der Waals surface area contributed by atoms with Crippen LogP contribution in [0.4, 0.5) is 0 Å². The average Bonchev–Trinajstić information content (AvgIpc) is 3.35. The minimum Gasteiger partial charge on any atom is -0.497 e. The summed E-state index contributed by atoms with van der Waals surface area (Å²) in [5.41, 5.74) is 9.15. The topological polar surface area (TPSA) is 243 Å². The van der Waals surface area contributed by atoms with E-state index < -0.39 is 45.2 Å². The first-order valence-electron chi connectivity index (χ1n) is 22.1. The fraction of sp³-hybridized carbons (Fsp3) is 0.259. The molecule has 0 aliphatic carbocycles. The second-order valence-electron chi connectivity index (χ2n) is 16.1. The number of carboxylic acids is 2. The van der Waals surface area contributed by atoms with Crippen molar-refractivity contribution in [1.82, 2.24) is 19.9 Å². The quantitative estimate of drug-likeness (QED) is 0.0718. The van der Waals surface area contributed by atoms with E-state index in [1.165, 1.54) is 14.2 Å². The van der Waals surface area contributed by atoms with Crippen LogP contribution in [0.2, 0.25) is 0 Å². The average molecular weight is 988 g/mol. The maximum Gasteiger partial charge on any atom is 0.348 e. The summed E-state index contributed by atoms with van der Waals surface area (Å²) < 4.78 is 44.3. The maximum atomic E-state index is 12.4. The van der Waals surface area contributed by atoms with Crippen LogP contribution in [0.3, 0.4) is 0 Å². The van der Waals surface area contributed by atoms with Crippen LogP contribution in [-0.2, 0) is 40.1 Å². The molecule has 7 rings (SSSR count). The largest absolute Gasteiger partial charge is 0.497 e. The Labute approximate surface area is 415 Å². The minimum absolute atomic E-state index is 0.00168. The second-order valence-corrected chi connectivity index (χ2v) is 18.0. The summed E-state index contributed by atoms with van der Waals surface area (Å²) in [6.45, 7) is 9.03. The van der Waals surface area contributed by atoms with Gasteiger partial charge >= 0.3 is 17.9 Å². The number of hydrogen-bond donors (Lipinski definition) is 4. The Morgan fingerprint density at radius 3 is 1.27 bits per heavy atom. The predicted molar refractivity (Wildman–Crippen MR) is 269 cm³/mol. The number of aliphatic carboxylic acids is 2. The van der Waals surface area contributed by atoms with Crippen molar-refractivity contribution in [3.63, 3.8) is 0 Å². The van der Waals surface area contributed by atoms with Crippen molar-refractivity contribution in [2.24, 2.45) is 5.73 Å². The summed E-state index contributed by atoms with van der Waals surface area (Å²) >= 11 is 0. The number of rotatable bonds is 15. The molecular formula is C54H61N5O11S. The van der Waals surface area contributed by atoms with E-state index in [0.717, 1.165) is 17.6 Å². The second kappa shape index (κ2) is 26.0. The van der Waals surface area contributed by atoms with E-state index in [4.69, 9.17) is 24.7 Å². The van der Waals surface area contributed by atoms with Gasteiger partial charge in [-0.3, -0.25) is 0 Å². The Morgan fingerprint density at radius 1 is 0.563 bits per heavy atom. The SMILES string of the molecule is COC(c1ccccc1)(c1ccccc1)[C@H](O)C(=O)O.COC(c1ccccc1)(c1ccccc1)[C@H](Oc1nc(C)cc(C)n1)C(=O)O.COc1cccc([C@H](C)N)c1.Cc1cc(C)nc(S(C)(=O)=O)n1. The molecular weight excluding hydrogens is 927 g/mol. The van der Waals surface area contributed by atoms with Crippen molar-refractivity contribution in [1.29, 1.82) is 0 Å². The van der Waals surface area contributed by atoms with Crippen LogP contribution < -0.4 is 15.2 Å². The first-order chi connectivity index (χ1) is 33.7. The number of aryl methyl sites for hydroxylation is 4. The van der Waals surface area contributed by atoms with E-state index in [0.29, 0.717) is 45.0 Å². The standard InChI is InChI=1S/C22H22N2O4.C16H16O4.C9H13NO.C7H10N2O2S/c1-15-14-16(2)24-21(23-15)28-19(20(25)26)22(27-3,17-10-6-4-7-11-17)18-12-8-5-9-13-18;1-20-16(14(17)15(18)19,12-8-4-2-5-9-12)13-10-6-3-7-11-13;1-7(10)8-4-3-5-9(6-8)11-2;1-5-4-6(2)9-7(8-5)12(3,10)11/h4-14,19H,1-3H3,(H,25,26);2-11,14,17H,1H3,(H,18,19);3-7H,10H2,1-2H3;4H,1-3H3/t19-;14-;7-;/m110./s1. The van der Waals surface area contributed by atoms with Gasteiger partial charge in [-0.1, -0.05) is 133 Å². The zero-order valence-corrected chi connectivity index (χ0v) is 41.9. The molecule has 0 saturated carbocycles. The van der Waals surface area contributed by atoms with Gasteiger partial charge in [-0.15, -0.1) is 0 Å². The van der Waals surface area contributed by atoms with E-state index in [-0.39, 0.29) is 17.2 Å². The van der Waals surface area contributed by atoms with Gasteiger partial charge < -0.3 is 40.0 Å². The molecule has 71 heavy (non-hydrogen) atoms. The van der Waals surface area contributed by atoms with Crippen molar-refractivity contribution in [3.05, 3.63) is 208 Å². The summed E-state index contributed by atoms with van der Waals surface area (Å²) in [7, 11) is 1.25. The highest BCUT2D eigenvalue weighted by molar-refractivity contribution is 7.90. The molecule has 2 aromatic heterocycles. The Hall–Kier alpha value is -7.41.